The maximum Gasteiger partial charge on any atom is 0.303 e. The van der Waals surface area contributed by atoms with E-state index in [0.717, 1.165) is 11.1 Å². The summed E-state index contributed by atoms with van der Waals surface area (Å²) in [5, 5.41) is 19.1. The Labute approximate surface area is 178 Å². The summed E-state index contributed by atoms with van der Waals surface area (Å²) < 4.78 is 15.2. The molecular weight excluding hydrogens is 401 g/mol. The molecule has 1 aliphatic heterocycles. The Kier molecular flexibility index (Phi) is 5.92. The summed E-state index contributed by atoms with van der Waals surface area (Å²) in [5.74, 6) is -0.965. The number of aromatic nitrogens is 3. The van der Waals surface area contributed by atoms with E-state index in [2.05, 4.69) is 20.7 Å². The highest BCUT2D eigenvalue weighted by Gasteiger charge is 2.31. The van der Waals surface area contributed by atoms with E-state index in [1.54, 1.807) is 16.8 Å². The molecule has 2 aromatic carbocycles. The zero-order valence-corrected chi connectivity index (χ0v) is 16.7. The van der Waals surface area contributed by atoms with Gasteiger partial charge in [0, 0.05) is 12.8 Å². The third-order valence-electron chi connectivity index (χ3n) is 5.19. The lowest BCUT2D eigenvalue weighted by atomic mass is 9.93. The topological polar surface area (TPSA) is 109 Å². The first-order valence-corrected chi connectivity index (χ1v) is 10.0. The molecule has 31 heavy (non-hydrogen) atoms. The minimum atomic E-state index is -0.943. The molecule has 2 atom stereocenters. The summed E-state index contributed by atoms with van der Waals surface area (Å²) >= 11 is 0. The summed E-state index contributed by atoms with van der Waals surface area (Å²) in [6, 6.07) is 16.0. The maximum absolute atomic E-state index is 13.5. The minimum absolute atomic E-state index is 0.0351. The van der Waals surface area contributed by atoms with Crippen molar-refractivity contribution in [3.05, 3.63) is 71.5 Å². The molecule has 4 rings (SSSR count). The van der Waals surface area contributed by atoms with Gasteiger partial charge in [-0.3, -0.25) is 14.9 Å². The molecule has 0 spiro atoms. The molecule has 0 radical (unpaired) electrons. The smallest absolute Gasteiger partial charge is 0.303 e. The van der Waals surface area contributed by atoms with Gasteiger partial charge in [-0.1, -0.05) is 42.5 Å². The number of carboxylic acid groups (broad SMARTS) is 1. The van der Waals surface area contributed by atoms with E-state index in [9.17, 15) is 14.0 Å². The lowest BCUT2D eigenvalue weighted by molar-refractivity contribution is -0.137. The third-order valence-corrected chi connectivity index (χ3v) is 5.19. The first kappa shape index (κ1) is 20.5. The van der Waals surface area contributed by atoms with Crippen LogP contribution < -0.4 is 10.6 Å². The largest absolute Gasteiger partial charge is 0.481 e. The van der Waals surface area contributed by atoms with E-state index in [1.807, 2.05) is 30.3 Å². The van der Waals surface area contributed by atoms with E-state index in [-0.39, 0.29) is 49.0 Å². The van der Waals surface area contributed by atoms with Crippen LogP contribution in [0.5, 0.6) is 0 Å². The predicted molar refractivity (Wildman–Crippen MR) is 112 cm³/mol. The van der Waals surface area contributed by atoms with Gasteiger partial charge in [0.15, 0.2) is 0 Å². The number of fused-ring (bicyclic) bond motifs is 1. The monoisotopic (exact) mass is 423 g/mol. The second kappa shape index (κ2) is 8.95. The molecule has 160 valence electrons. The predicted octanol–water partition coefficient (Wildman–Crippen LogP) is 3.76. The lowest BCUT2D eigenvalue weighted by Gasteiger charge is -2.31. The molecule has 0 fully saturated rings. The normalized spacial score (nSPS) is 17.5. The number of hydrogen-bond acceptors (Lipinski definition) is 5. The van der Waals surface area contributed by atoms with Gasteiger partial charge in [0.05, 0.1) is 12.1 Å². The Balaban J connectivity index is 1.59. The molecule has 3 N–H and O–H groups in total. The molecule has 1 amide bonds. The fourth-order valence-electron chi connectivity index (χ4n) is 3.68. The molecule has 0 bridgehead atoms. The highest BCUT2D eigenvalue weighted by molar-refractivity contribution is 5.89. The van der Waals surface area contributed by atoms with Crippen molar-refractivity contribution >= 4 is 23.8 Å². The number of carboxylic acids is 1. The molecule has 0 saturated heterocycles. The zero-order valence-electron chi connectivity index (χ0n) is 16.7. The van der Waals surface area contributed by atoms with Crippen molar-refractivity contribution in [1.82, 2.24) is 14.8 Å². The van der Waals surface area contributed by atoms with Crippen LogP contribution in [0, 0.1) is 5.82 Å². The van der Waals surface area contributed by atoms with Crippen molar-refractivity contribution in [3.8, 4) is 0 Å². The summed E-state index contributed by atoms with van der Waals surface area (Å²) in [6.45, 7) is 0. The van der Waals surface area contributed by atoms with E-state index >= 15 is 0 Å². The number of rotatable bonds is 7. The number of nitrogens with one attached hydrogen (secondary N) is 2. The van der Waals surface area contributed by atoms with Gasteiger partial charge in [-0.2, -0.15) is 4.98 Å². The van der Waals surface area contributed by atoms with E-state index in [1.165, 1.54) is 12.1 Å². The van der Waals surface area contributed by atoms with Crippen molar-refractivity contribution in [2.75, 3.05) is 10.6 Å². The Bertz CT molecular complexity index is 1070. The van der Waals surface area contributed by atoms with Crippen LogP contribution in [0.4, 0.5) is 16.3 Å². The first-order valence-electron chi connectivity index (χ1n) is 10.0. The van der Waals surface area contributed by atoms with Crippen LogP contribution in [-0.4, -0.2) is 31.7 Å². The Morgan fingerprint density at radius 1 is 1.10 bits per heavy atom. The first-order chi connectivity index (χ1) is 15.0. The van der Waals surface area contributed by atoms with Gasteiger partial charge in [0.1, 0.15) is 5.82 Å². The number of amides is 1. The molecule has 3 aromatic rings. The number of aliphatic carboxylic acids is 1. The molecule has 8 nitrogen and oxygen atoms in total. The fraction of sp³-hybridized carbons (Fsp3) is 0.273. The van der Waals surface area contributed by atoms with Gasteiger partial charge in [0.25, 0.3) is 5.95 Å². The van der Waals surface area contributed by atoms with Crippen LogP contribution in [-0.2, 0) is 9.59 Å². The maximum atomic E-state index is 13.5. The fourth-order valence-corrected chi connectivity index (χ4v) is 3.68. The van der Waals surface area contributed by atoms with Crippen LogP contribution in [0.25, 0.3) is 0 Å². The van der Waals surface area contributed by atoms with Crippen LogP contribution in [0.1, 0.15) is 48.9 Å². The number of halogens is 1. The van der Waals surface area contributed by atoms with Crippen molar-refractivity contribution in [1.29, 1.82) is 0 Å². The summed E-state index contributed by atoms with van der Waals surface area (Å²) in [6.07, 6.45) is 0.893. The molecule has 0 saturated carbocycles. The molecule has 1 aliphatic rings. The SMILES string of the molecule is O=C(O)CCCC(=O)Nc1nc2n(n1)C(c1ccc(F)cc1)CC(c1ccccc1)N2. The molecular formula is C22H22FN5O3. The summed E-state index contributed by atoms with van der Waals surface area (Å²) in [5.41, 5.74) is 1.97. The van der Waals surface area contributed by atoms with Gasteiger partial charge in [-0.15, -0.1) is 5.10 Å². The van der Waals surface area contributed by atoms with E-state index < -0.39 is 5.97 Å². The quantitative estimate of drug-likeness (QED) is 0.534. The van der Waals surface area contributed by atoms with Crippen LogP contribution >= 0.6 is 0 Å². The molecule has 2 heterocycles. The number of carbonyl (C=O) groups excluding carboxylic acids is 1. The van der Waals surface area contributed by atoms with Crippen molar-refractivity contribution in [2.24, 2.45) is 0 Å². The second-order valence-corrected chi connectivity index (χ2v) is 7.41. The van der Waals surface area contributed by atoms with Gasteiger partial charge in [0.2, 0.25) is 11.9 Å². The standard InChI is InChI=1S/C22H22FN5O3/c23-16-11-9-15(10-12-16)18-13-17(14-5-2-1-3-6-14)24-22-26-21(27-28(18)22)25-19(29)7-4-8-20(30)31/h1-3,5-6,9-12,17-18H,4,7-8,13H2,(H,30,31)(H2,24,25,26,27,29). The van der Waals surface area contributed by atoms with E-state index in [4.69, 9.17) is 5.11 Å². The molecule has 1 aromatic heterocycles. The second-order valence-electron chi connectivity index (χ2n) is 7.41. The number of nitrogens with zero attached hydrogens (tertiary/aromatic N) is 3. The molecule has 9 heteroatoms. The number of hydrogen-bond donors (Lipinski definition) is 3. The van der Waals surface area contributed by atoms with Crippen LogP contribution in [0.3, 0.4) is 0 Å². The average molecular weight is 423 g/mol. The zero-order chi connectivity index (χ0) is 21.8. The Hall–Kier alpha value is -3.75. The van der Waals surface area contributed by atoms with Crippen molar-refractivity contribution in [3.63, 3.8) is 0 Å². The van der Waals surface area contributed by atoms with Crippen molar-refractivity contribution < 1.29 is 19.1 Å². The average Bonchev–Trinajstić information content (AvgIpc) is 3.16. The van der Waals surface area contributed by atoms with Crippen LogP contribution in [0.2, 0.25) is 0 Å². The van der Waals surface area contributed by atoms with Crippen LogP contribution in [0.15, 0.2) is 54.6 Å². The van der Waals surface area contributed by atoms with Gasteiger partial charge in [-0.05, 0) is 36.1 Å². The number of anilines is 2. The highest BCUT2D eigenvalue weighted by Crippen LogP contribution is 2.38. The Morgan fingerprint density at radius 2 is 1.84 bits per heavy atom. The van der Waals surface area contributed by atoms with Gasteiger partial charge >= 0.3 is 5.97 Å². The number of carbonyl (C=O) groups is 2. The third kappa shape index (κ3) is 4.88. The minimum Gasteiger partial charge on any atom is -0.481 e. The number of benzene rings is 2. The van der Waals surface area contributed by atoms with Gasteiger partial charge < -0.3 is 10.4 Å². The highest BCUT2D eigenvalue weighted by atomic mass is 19.1. The Morgan fingerprint density at radius 3 is 2.55 bits per heavy atom. The lowest BCUT2D eigenvalue weighted by Crippen LogP contribution is -2.28. The van der Waals surface area contributed by atoms with Gasteiger partial charge in [-0.25, -0.2) is 9.07 Å². The summed E-state index contributed by atoms with van der Waals surface area (Å²) in [7, 11) is 0. The summed E-state index contributed by atoms with van der Waals surface area (Å²) in [4.78, 5) is 27.2. The van der Waals surface area contributed by atoms with E-state index in [0.29, 0.717) is 12.4 Å². The van der Waals surface area contributed by atoms with Crippen molar-refractivity contribution in [2.45, 2.75) is 37.8 Å². The molecule has 2 unspecified atom stereocenters. The molecule has 0 aliphatic carbocycles.